The molecule has 0 bridgehead atoms. The number of nitrogens with one attached hydrogen (secondary N) is 1. The molecule has 0 fully saturated rings. The Morgan fingerprint density at radius 2 is 1.95 bits per heavy atom. The second-order valence-electron chi connectivity index (χ2n) is 4.32. The molecule has 0 aliphatic carbocycles. The van der Waals surface area contributed by atoms with Crippen LogP contribution in [0.4, 0.5) is 0 Å². The molecule has 0 aliphatic rings. The molecule has 22 heavy (non-hydrogen) atoms. The fourth-order valence-corrected chi connectivity index (χ4v) is 1.83. The third kappa shape index (κ3) is 3.54. The van der Waals surface area contributed by atoms with Gasteiger partial charge in [0.2, 0.25) is 0 Å². The van der Waals surface area contributed by atoms with Crippen LogP contribution in [0.3, 0.4) is 0 Å². The number of hydrogen-bond acceptors (Lipinski definition) is 5. The zero-order chi connectivity index (χ0) is 15.9. The van der Waals surface area contributed by atoms with Crippen LogP contribution >= 0.6 is 0 Å². The van der Waals surface area contributed by atoms with Crippen molar-refractivity contribution in [1.29, 1.82) is 0 Å². The van der Waals surface area contributed by atoms with Gasteiger partial charge in [-0.15, -0.1) is 0 Å². The van der Waals surface area contributed by atoms with Gasteiger partial charge in [-0.05, 0) is 30.3 Å². The van der Waals surface area contributed by atoms with Gasteiger partial charge in [0.05, 0.1) is 26.0 Å². The van der Waals surface area contributed by atoms with Crippen LogP contribution < -0.4 is 14.9 Å². The van der Waals surface area contributed by atoms with Crippen molar-refractivity contribution in [3.8, 4) is 17.2 Å². The third-order valence-electron chi connectivity index (χ3n) is 2.96. The van der Waals surface area contributed by atoms with Crippen molar-refractivity contribution in [2.75, 3.05) is 14.2 Å². The minimum atomic E-state index is -0.504. The highest BCUT2D eigenvalue weighted by atomic mass is 16.5. The Kier molecular flexibility index (Phi) is 4.98. The molecule has 0 saturated carbocycles. The summed E-state index contributed by atoms with van der Waals surface area (Å²) in [5.41, 5.74) is 3.15. The number of phenols is 1. The van der Waals surface area contributed by atoms with E-state index in [1.165, 1.54) is 18.3 Å². The average Bonchev–Trinajstić information content (AvgIpc) is 2.55. The standard InChI is InChI=1S/C16H16N2O4/c1-21-12-7-8-15(22-2)11(9-12)10-17-18-16(20)13-5-3-4-6-14(13)19/h3-10,19H,1-2H3,(H,18,20)/b17-10+. The first-order chi connectivity index (χ1) is 10.7. The number of ether oxygens (including phenoxy) is 2. The maximum atomic E-state index is 11.9. The highest BCUT2D eigenvalue weighted by Crippen LogP contribution is 2.22. The van der Waals surface area contributed by atoms with Crippen LogP contribution in [-0.4, -0.2) is 31.4 Å². The van der Waals surface area contributed by atoms with E-state index in [4.69, 9.17) is 9.47 Å². The molecule has 2 N–H and O–H groups in total. The summed E-state index contributed by atoms with van der Waals surface area (Å²) in [6.45, 7) is 0. The smallest absolute Gasteiger partial charge is 0.275 e. The Morgan fingerprint density at radius 1 is 1.18 bits per heavy atom. The number of phenolic OH excluding ortho intramolecular Hbond substituents is 1. The molecule has 2 aromatic carbocycles. The van der Waals surface area contributed by atoms with E-state index in [0.717, 1.165) is 0 Å². The predicted molar refractivity (Wildman–Crippen MR) is 82.7 cm³/mol. The zero-order valence-corrected chi connectivity index (χ0v) is 12.2. The largest absolute Gasteiger partial charge is 0.507 e. The van der Waals surface area contributed by atoms with Crippen LogP contribution in [0.1, 0.15) is 15.9 Å². The normalized spacial score (nSPS) is 10.5. The summed E-state index contributed by atoms with van der Waals surface area (Å²) in [7, 11) is 3.10. The second kappa shape index (κ2) is 7.12. The van der Waals surface area contributed by atoms with E-state index in [9.17, 15) is 9.90 Å². The van der Waals surface area contributed by atoms with E-state index < -0.39 is 5.91 Å². The number of carbonyl (C=O) groups is 1. The summed E-state index contributed by atoms with van der Waals surface area (Å²) in [4.78, 5) is 11.9. The van der Waals surface area contributed by atoms with Crippen molar-refractivity contribution in [3.05, 3.63) is 53.6 Å². The number of hydrazone groups is 1. The van der Waals surface area contributed by atoms with E-state index in [-0.39, 0.29) is 11.3 Å². The van der Waals surface area contributed by atoms with Crippen molar-refractivity contribution in [3.63, 3.8) is 0 Å². The number of aromatic hydroxyl groups is 1. The van der Waals surface area contributed by atoms with Crippen molar-refractivity contribution >= 4 is 12.1 Å². The van der Waals surface area contributed by atoms with Gasteiger partial charge >= 0.3 is 0 Å². The fourth-order valence-electron chi connectivity index (χ4n) is 1.83. The Morgan fingerprint density at radius 3 is 2.64 bits per heavy atom. The van der Waals surface area contributed by atoms with Gasteiger partial charge < -0.3 is 14.6 Å². The van der Waals surface area contributed by atoms with Crippen LogP contribution in [0.25, 0.3) is 0 Å². The van der Waals surface area contributed by atoms with Gasteiger partial charge in [-0.25, -0.2) is 5.43 Å². The van der Waals surface area contributed by atoms with Crippen molar-refractivity contribution in [1.82, 2.24) is 5.43 Å². The first-order valence-corrected chi connectivity index (χ1v) is 6.49. The van der Waals surface area contributed by atoms with Gasteiger partial charge in [-0.1, -0.05) is 12.1 Å². The Balaban J connectivity index is 2.12. The Hall–Kier alpha value is -3.02. The molecule has 114 valence electrons. The number of hydrogen-bond donors (Lipinski definition) is 2. The molecule has 0 spiro atoms. The van der Waals surface area contributed by atoms with E-state index in [0.29, 0.717) is 17.1 Å². The summed E-state index contributed by atoms with van der Waals surface area (Å²) < 4.78 is 10.3. The number of methoxy groups -OCH3 is 2. The van der Waals surface area contributed by atoms with Gasteiger partial charge in [-0.3, -0.25) is 4.79 Å². The maximum Gasteiger partial charge on any atom is 0.275 e. The van der Waals surface area contributed by atoms with Crippen LogP contribution in [0.15, 0.2) is 47.6 Å². The highest BCUT2D eigenvalue weighted by molar-refractivity contribution is 5.97. The Bertz CT molecular complexity index is 698. The van der Waals surface area contributed by atoms with Gasteiger partial charge in [0.15, 0.2) is 0 Å². The summed E-state index contributed by atoms with van der Waals surface area (Å²) in [6, 6.07) is 11.5. The fraction of sp³-hybridized carbons (Fsp3) is 0.125. The zero-order valence-electron chi connectivity index (χ0n) is 12.2. The summed E-state index contributed by atoms with van der Waals surface area (Å²) >= 11 is 0. The van der Waals surface area contributed by atoms with Crippen molar-refractivity contribution < 1.29 is 19.4 Å². The third-order valence-corrected chi connectivity index (χ3v) is 2.96. The van der Waals surface area contributed by atoms with Crippen LogP contribution in [-0.2, 0) is 0 Å². The molecule has 2 aromatic rings. The Labute approximate surface area is 128 Å². The molecule has 0 saturated heterocycles. The molecule has 0 aliphatic heterocycles. The van der Waals surface area contributed by atoms with E-state index in [1.54, 1.807) is 44.6 Å². The number of para-hydroxylation sites is 1. The molecule has 0 heterocycles. The van der Waals surface area contributed by atoms with E-state index in [1.807, 2.05) is 0 Å². The monoisotopic (exact) mass is 300 g/mol. The second-order valence-corrected chi connectivity index (χ2v) is 4.32. The van der Waals surface area contributed by atoms with E-state index in [2.05, 4.69) is 10.5 Å². The number of amides is 1. The highest BCUT2D eigenvalue weighted by Gasteiger charge is 2.09. The number of benzene rings is 2. The SMILES string of the molecule is COc1ccc(OC)c(/C=N/NC(=O)c2ccccc2O)c1. The first kappa shape index (κ1) is 15.4. The van der Waals surface area contributed by atoms with Gasteiger partial charge in [0, 0.05) is 5.56 Å². The first-order valence-electron chi connectivity index (χ1n) is 6.49. The molecular formula is C16H16N2O4. The van der Waals surface area contributed by atoms with Crippen LogP contribution in [0.2, 0.25) is 0 Å². The maximum absolute atomic E-state index is 11.9. The molecule has 6 heteroatoms. The lowest BCUT2D eigenvalue weighted by molar-refractivity contribution is 0.0952. The number of rotatable bonds is 5. The van der Waals surface area contributed by atoms with E-state index >= 15 is 0 Å². The topological polar surface area (TPSA) is 80.2 Å². The molecule has 0 unspecified atom stereocenters. The lowest BCUT2D eigenvalue weighted by Gasteiger charge is -2.07. The predicted octanol–water partition coefficient (Wildman–Crippen LogP) is 2.17. The molecular weight excluding hydrogens is 284 g/mol. The quantitative estimate of drug-likeness (QED) is 0.655. The molecule has 6 nitrogen and oxygen atoms in total. The van der Waals surface area contributed by atoms with Gasteiger partial charge in [-0.2, -0.15) is 5.10 Å². The van der Waals surface area contributed by atoms with Crippen LogP contribution in [0.5, 0.6) is 17.2 Å². The summed E-state index contributed by atoms with van der Waals surface area (Å²) in [5, 5.41) is 13.5. The summed E-state index contributed by atoms with van der Waals surface area (Å²) in [6.07, 6.45) is 1.44. The molecule has 0 atom stereocenters. The molecule has 0 radical (unpaired) electrons. The molecule has 0 aromatic heterocycles. The number of carbonyl (C=O) groups excluding carboxylic acids is 1. The summed E-state index contributed by atoms with van der Waals surface area (Å²) in [5.74, 6) is 0.640. The molecule has 2 rings (SSSR count). The lowest BCUT2D eigenvalue weighted by Crippen LogP contribution is -2.17. The van der Waals surface area contributed by atoms with Crippen molar-refractivity contribution in [2.24, 2.45) is 5.10 Å². The average molecular weight is 300 g/mol. The van der Waals surface area contributed by atoms with Crippen molar-refractivity contribution in [2.45, 2.75) is 0 Å². The lowest BCUT2D eigenvalue weighted by atomic mass is 10.2. The molecule has 1 amide bonds. The number of nitrogens with zero attached hydrogens (tertiary/aromatic N) is 1. The minimum Gasteiger partial charge on any atom is -0.507 e. The van der Waals surface area contributed by atoms with Gasteiger partial charge in [0.1, 0.15) is 17.2 Å². The van der Waals surface area contributed by atoms with Gasteiger partial charge in [0.25, 0.3) is 5.91 Å². The van der Waals surface area contributed by atoms with Crippen LogP contribution in [0, 0.1) is 0 Å². The minimum absolute atomic E-state index is 0.103.